The molecule has 0 saturated carbocycles. The van der Waals surface area contributed by atoms with Crippen LogP contribution < -0.4 is 16.6 Å². The van der Waals surface area contributed by atoms with Crippen LogP contribution in [0.25, 0.3) is 0 Å². The molecule has 8 nitrogen and oxygen atoms in total. The number of anilines is 1. The summed E-state index contributed by atoms with van der Waals surface area (Å²) in [5, 5.41) is 5.55. The van der Waals surface area contributed by atoms with Gasteiger partial charge in [-0.05, 0) is 18.6 Å². The van der Waals surface area contributed by atoms with Crippen molar-refractivity contribution in [3.8, 4) is 0 Å². The monoisotopic (exact) mass is 265 g/mol. The van der Waals surface area contributed by atoms with Crippen molar-refractivity contribution in [2.45, 2.75) is 18.9 Å². The molecule has 1 aromatic carbocycles. The lowest BCUT2D eigenvalue weighted by Crippen LogP contribution is -2.36. The molecule has 0 radical (unpaired) electrons. The van der Waals surface area contributed by atoms with Gasteiger partial charge in [-0.15, -0.1) is 0 Å². The summed E-state index contributed by atoms with van der Waals surface area (Å²) in [5.74, 6) is 3.71. The molecule has 0 heterocycles. The smallest absolute Gasteiger partial charge is 0.348 e. The van der Waals surface area contributed by atoms with Crippen molar-refractivity contribution in [1.82, 2.24) is 5.43 Å². The number of nitrogens with two attached hydrogens (primary N) is 1. The Kier molecular flexibility index (Phi) is 5.96. The topological polar surface area (TPSA) is 130 Å². The molecule has 0 aromatic heterocycles. The van der Waals surface area contributed by atoms with Crippen molar-refractivity contribution in [2.75, 3.05) is 5.32 Å². The first-order chi connectivity index (χ1) is 9.17. The highest BCUT2D eigenvalue weighted by atomic mass is 16.7. The third-order valence-corrected chi connectivity index (χ3v) is 2.34. The molecule has 0 aliphatic rings. The number of amides is 1. The Morgan fingerprint density at radius 3 is 2.63 bits per heavy atom. The van der Waals surface area contributed by atoms with Crippen LogP contribution in [-0.4, -0.2) is 17.9 Å². The van der Waals surface area contributed by atoms with E-state index in [1.165, 1.54) is 0 Å². The number of nitrogens with one attached hydrogen (secondary N) is 3. The number of benzene rings is 1. The van der Waals surface area contributed by atoms with Crippen LogP contribution in [0.2, 0.25) is 0 Å². The second kappa shape index (κ2) is 7.77. The maximum atomic E-state index is 11.6. The van der Waals surface area contributed by atoms with Crippen LogP contribution in [0.1, 0.15) is 12.8 Å². The quantitative estimate of drug-likeness (QED) is 0.426. The molecule has 0 fully saturated rings. The zero-order valence-corrected chi connectivity index (χ0v) is 10.1. The van der Waals surface area contributed by atoms with Gasteiger partial charge in [-0.3, -0.25) is 10.2 Å². The number of hydrogen-bond donors (Lipinski definition) is 4. The van der Waals surface area contributed by atoms with Gasteiger partial charge in [-0.2, -0.15) is 11.4 Å². The number of hydrogen-bond acceptors (Lipinski definition) is 6. The van der Waals surface area contributed by atoms with Crippen LogP contribution in [0.4, 0.5) is 5.69 Å². The van der Waals surface area contributed by atoms with Crippen LogP contribution in [0, 0.1) is 5.53 Å². The molecule has 0 saturated heterocycles. The first-order valence-electron chi connectivity index (χ1n) is 5.55. The van der Waals surface area contributed by atoms with Crippen LogP contribution in [-0.2, 0) is 14.4 Å². The Labute approximate surface area is 109 Å². The van der Waals surface area contributed by atoms with Gasteiger partial charge < -0.3 is 10.2 Å². The summed E-state index contributed by atoms with van der Waals surface area (Å²) in [7, 11) is 0. The third kappa shape index (κ3) is 5.13. The molecular formula is C11H15N5O3. The molecule has 0 spiro atoms. The average Bonchev–Trinajstić information content (AvgIpc) is 2.43. The lowest BCUT2D eigenvalue weighted by atomic mass is 10.1. The Balaban J connectivity index is 2.43. The van der Waals surface area contributed by atoms with Crippen LogP contribution in [0.3, 0.4) is 0 Å². The van der Waals surface area contributed by atoms with Crippen molar-refractivity contribution in [2.24, 2.45) is 11.1 Å². The Hall–Kier alpha value is -2.48. The van der Waals surface area contributed by atoms with E-state index in [2.05, 4.69) is 20.8 Å². The molecule has 0 unspecified atom stereocenters. The predicted molar refractivity (Wildman–Crippen MR) is 66.7 cm³/mol. The summed E-state index contributed by atoms with van der Waals surface area (Å²) < 4.78 is 0. The minimum absolute atomic E-state index is 0.0666. The van der Waals surface area contributed by atoms with Gasteiger partial charge in [0.2, 0.25) is 5.91 Å². The second-order valence-corrected chi connectivity index (χ2v) is 3.68. The Bertz CT molecular complexity index is 437. The molecule has 1 atom stereocenters. The largest absolute Gasteiger partial charge is 0.372 e. The molecule has 102 valence electrons. The molecular weight excluding hydrogens is 250 g/mol. The molecule has 0 bridgehead atoms. The lowest BCUT2D eigenvalue weighted by Gasteiger charge is -2.12. The highest BCUT2D eigenvalue weighted by Crippen LogP contribution is 2.07. The fourth-order valence-electron chi connectivity index (χ4n) is 1.42. The van der Waals surface area contributed by atoms with Gasteiger partial charge in [0.15, 0.2) is 0 Å². The molecule has 8 heteroatoms. The van der Waals surface area contributed by atoms with E-state index >= 15 is 0 Å². The highest BCUT2D eigenvalue weighted by molar-refractivity contribution is 5.91. The zero-order valence-electron chi connectivity index (χ0n) is 10.1. The van der Waals surface area contributed by atoms with Gasteiger partial charge in [0.1, 0.15) is 6.04 Å². The van der Waals surface area contributed by atoms with Gasteiger partial charge in [-0.1, -0.05) is 23.4 Å². The van der Waals surface area contributed by atoms with Crippen LogP contribution in [0.5, 0.6) is 0 Å². The third-order valence-electron chi connectivity index (χ3n) is 2.34. The number of para-hydroxylation sites is 1. The van der Waals surface area contributed by atoms with E-state index in [9.17, 15) is 9.59 Å². The highest BCUT2D eigenvalue weighted by Gasteiger charge is 2.20. The molecule has 0 aliphatic carbocycles. The second-order valence-electron chi connectivity index (χ2n) is 3.68. The molecule has 19 heavy (non-hydrogen) atoms. The summed E-state index contributed by atoms with van der Waals surface area (Å²) in [4.78, 5) is 26.9. The van der Waals surface area contributed by atoms with Crippen molar-refractivity contribution in [3.63, 3.8) is 0 Å². The fourth-order valence-corrected chi connectivity index (χ4v) is 1.42. The van der Waals surface area contributed by atoms with E-state index in [4.69, 9.17) is 11.4 Å². The van der Waals surface area contributed by atoms with E-state index in [0.29, 0.717) is 5.69 Å². The summed E-state index contributed by atoms with van der Waals surface area (Å²) >= 11 is 0. The van der Waals surface area contributed by atoms with Gasteiger partial charge in [0, 0.05) is 12.1 Å². The normalized spacial score (nSPS) is 11.2. The Morgan fingerprint density at radius 1 is 1.37 bits per heavy atom. The number of rotatable bonds is 7. The first-order valence-corrected chi connectivity index (χ1v) is 5.55. The molecule has 1 amide bonds. The SMILES string of the molecule is N=NN[C@@H](CCC(=O)Nc1ccccc1)C(=O)ON. The van der Waals surface area contributed by atoms with E-state index in [1.807, 2.05) is 6.07 Å². The summed E-state index contributed by atoms with van der Waals surface area (Å²) in [6.45, 7) is 0. The predicted octanol–water partition coefficient (Wildman–Crippen LogP) is 0.726. The van der Waals surface area contributed by atoms with Crippen LogP contribution in [0.15, 0.2) is 35.6 Å². The van der Waals surface area contributed by atoms with Crippen molar-refractivity contribution < 1.29 is 14.4 Å². The summed E-state index contributed by atoms with van der Waals surface area (Å²) in [5.41, 5.74) is 9.51. The van der Waals surface area contributed by atoms with Gasteiger partial charge in [-0.25, -0.2) is 4.79 Å². The first kappa shape index (κ1) is 14.6. The van der Waals surface area contributed by atoms with Gasteiger partial charge in [0.25, 0.3) is 0 Å². The van der Waals surface area contributed by atoms with E-state index in [1.54, 1.807) is 24.3 Å². The number of carbonyl (C=O) groups is 2. The lowest BCUT2D eigenvalue weighted by molar-refractivity contribution is -0.147. The molecule has 1 aromatic rings. The molecule has 1 rings (SSSR count). The molecule has 0 aliphatic heterocycles. The summed E-state index contributed by atoms with van der Waals surface area (Å²) in [6, 6.07) is 8.02. The summed E-state index contributed by atoms with van der Waals surface area (Å²) in [6.07, 6.45) is 0.189. The average molecular weight is 265 g/mol. The number of carbonyl (C=O) groups excluding carboxylic acids is 2. The fraction of sp³-hybridized carbons (Fsp3) is 0.273. The maximum Gasteiger partial charge on any atom is 0.348 e. The minimum Gasteiger partial charge on any atom is -0.372 e. The standard InChI is InChI=1S/C11H15N5O3/c12-16-15-9(11(18)19-13)6-7-10(17)14-8-4-2-1-3-5-8/h1-5,9H,6-7,13H2,(H2,12,15)(H,14,17)/t9-/m0/s1. The number of nitrogens with zero attached hydrogens (tertiary/aromatic N) is 1. The van der Waals surface area contributed by atoms with Crippen molar-refractivity contribution >= 4 is 17.6 Å². The van der Waals surface area contributed by atoms with Crippen molar-refractivity contribution in [1.29, 1.82) is 5.53 Å². The van der Waals surface area contributed by atoms with Gasteiger partial charge in [0.05, 0.1) is 0 Å². The Morgan fingerprint density at radius 2 is 2.05 bits per heavy atom. The zero-order chi connectivity index (χ0) is 14.1. The van der Waals surface area contributed by atoms with E-state index in [-0.39, 0.29) is 18.7 Å². The van der Waals surface area contributed by atoms with E-state index < -0.39 is 12.0 Å². The minimum atomic E-state index is -0.913. The van der Waals surface area contributed by atoms with Crippen LogP contribution >= 0.6 is 0 Å². The van der Waals surface area contributed by atoms with Crippen molar-refractivity contribution in [3.05, 3.63) is 30.3 Å². The van der Waals surface area contributed by atoms with Gasteiger partial charge >= 0.3 is 5.97 Å². The molecule has 5 N–H and O–H groups in total. The maximum absolute atomic E-state index is 11.6. The van der Waals surface area contributed by atoms with E-state index in [0.717, 1.165) is 0 Å².